The molecule has 7 heteroatoms. The van der Waals surface area contributed by atoms with Gasteiger partial charge in [0.2, 0.25) is 11.8 Å². The Hall–Kier alpha value is -2.02. The molecule has 3 rings (SSSR count). The summed E-state index contributed by atoms with van der Waals surface area (Å²) in [6, 6.07) is 5.28. The van der Waals surface area contributed by atoms with Crippen LogP contribution in [0.4, 0.5) is 5.69 Å². The first kappa shape index (κ1) is 16.8. The summed E-state index contributed by atoms with van der Waals surface area (Å²) in [6.45, 7) is 3.82. The minimum atomic E-state index is -0.232. The Balaban J connectivity index is 1.54. The second-order valence-corrected chi connectivity index (χ2v) is 7.44. The van der Waals surface area contributed by atoms with Gasteiger partial charge in [0.25, 0.3) is 5.91 Å². The summed E-state index contributed by atoms with van der Waals surface area (Å²) >= 11 is 1.48. The van der Waals surface area contributed by atoms with E-state index in [4.69, 9.17) is 0 Å². The maximum Gasteiger partial charge on any atom is 0.251 e. The number of benzene rings is 1. The van der Waals surface area contributed by atoms with Crippen LogP contribution in [0.15, 0.2) is 23.1 Å². The summed E-state index contributed by atoms with van der Waals surface area (Å²) in [5, 5.41) is 5.46. The Bertz CT molecular complexity index is 671. The maximum absolute atomic E-state index is 12.2. The third kappa shape index (κ3) is 3.72. The summed E-state index contributed by atoms with van der Waals surface area (Å²) in [7, 11) is 0. The quantitative estimate of drug-likeness (QED) is 0.871. The molecule has 1 unspecified atom stereocenters. The van der Waals surface area contributed by atoms with Gasteiger partial charge >= 0.3 is 0 Å². The van der Waals surface area contributed by atoms with E-state index in [0.29, 0.717) is 24.2 Å². The third-order valence-electron chi connectivity index (χ3n) is 4.26. The van der Waals surface area contributed by atoms with Crippen LogP contribution in [-0.4, -0.2) is 47.5 Å². The van der Waals surface area contributed by atoms with Crippen LogP contribution in [-0.2, 0) is 9.59 Å². The summed E-state index contributed by atoms with van der Waals surface area (Å²) < 4.78 is 0. The minimum absolute atomic E-state index is 0.0544. The van der Waals surface area contributed by atoms with Crippen molar-refractivity contribution in [2.45, 2.75) is 36.3 Å². The van der Waals surface area contributed by atoms with Crippen LogP contribution < -0.4 is 10.6 Å². The monoisotopic (exact) mass is 347 g/mol. The van der Waals surface area contributed by atoms with Crippen molar-refractivity contribution in [1.29, 1.82) is 0 Å². The van der Waals surface area contributed by atoms with Crippen LogP contribution in [0.1, 0.15) is 36.5 Å². The second-order valence-electron chi connectivity index (χ2n) is 6.05. The molecule has 2 heterocycles. The summed E-state index contributed by atoms with van der Waals surface area (Å²) in [4.78, 5) is 38.7. The van der Waals surface area contributed by atoms with E-state index < -0.39 is 0 Å². The van der Waals surface area contributed by atoms with Crippen LogP contribution >= 0.6 is 11.8 Å². The molecule has 1 aromatic rings. The molecule has 1 saturated heterocycles. The Labute approximate surface area is 145 Å². The minimum Gasteiger partial charge on any atom is -0.352 e. The van der Waals surface area contributed by atoms with Gasteiger partial charge in [-0.1, -0.05) is 0 Å². The number of likely N-dealkylation sites (tertiary alicyclic amines) is 1. The highest BCUT2D eigenvalue weighted by atomic mass is 32.2. The van der Waals surface area contributed by atoms with Crippen LogP contribution in [0.2, 0.25) is 0 Å². The first-order valence-corrected chi connectivity index (χ1v) is 9.10. The molecule has 24 heavy (non-hydrogen) atoms. The van der Waals surface area contributed by atoms with Crippen molar-refractivity contribution in [2.75, 3.05) is 25.0 Å². The average molecular weight is 347 g/mol. The third-order valence-corrected chi connectivity index (χ3v) is 5.43. The summed E-state index contributed by atoms with van der Waals surface area (Å²) in [5.41, 5.74) is 1.15. The molecule has 0 saturated carbocycles. The zero-order chi connectivity index (χ0) is 17.1. The highest BCUT2D eigenvalue weighted by Gasteiger charge is 2.24. The highest BCUT2D eigenvalue weighted by molar-refractivity contribution is 8.00. The van der Waals surface area contributed by atoms with Crippen molar-refractivity contribution in [3.05, 3.63) is 23.8 Å². The van der Waals surface area contributed by atoms with E-state index >= 15 is 0 Å². The fourth-order valence-corrected chi connectivity index (χ4v) is 3.79. The molecule has 0 radical (unpaired) electrons. The van der Waals surface area contributed by atoms with E-state index in [1.807, 2.05) is 17.9 Å². The van der Waals surface area contributed by atoms with E-state index in [1.54, 1.807) is 12.1 Å². The number of nitrogens with zero attached hydrogens (tertiary/aromatic N) is 1. The van der Waals surface area contributed by atoms with E-state index in [1.165, 1.54) is 11.8 Å². The number of hydrogen-bond acceptors (Lipinski definition) is 4. The van der Waals surface area contributed by atoms with Crippen LogP contribution in [0.5, 0.6) is 0 Å². The molecule has 128 valence electrons. The number of amides is 3. The lowest BCUT2D eigenvalue weighted by molar-refractivity contribution is -0.130. The van der Waals surface area contributed by atoms with Crippen molar-refractivity contribution in [2.24, 2.45) is 0 Å². The number of nitrogens with one attached hydrogen (secondary N) is 2. The van der Waals surface area contributed by atoms with Crippen molar-refractivity contribution >= 4 is 35.2 Å². The summed E-state index contributed by atoms with van der Waals surface area (Å²) in [6.07, 6.45) is 2.45. The van der Waals surface area contributed by atoms with Crippen molar-refractivity contribution in [3.63, 3.8) is 0 Å². The lowest BCUT2D eigenvalue weighted by Crippen LogP contribution is -2.32. The Morgan fingerprint density at radius 1 is 1.33 bits per heavy atom. The van der Waals surface area contributed by atoms with Gasteiger partial charge in [-0.2, -0.15) is 0 Å². The molecule has 3 amide bonds. The fraction of sp³-hybridized carbons (Fsp3) is 0.471. The van der Waals surface area contributed by atoms with Gasteiger partial charge in [0, 0.05) is 36.5 Å². The van der Waals surface area contributed by atoms with Gasteiger partial charge in [-0.25, -0.2) is 0 Å². The first-order chi connectivity index (χ1) is 11.5. The molecule has 0 spiro atoms. The predicted octanol–water partition coefficient (Wildman–Crippen LogP) is 1.86. The van der Waals surface area contributed by atoms with Crippen molar-refractivity contribution in [3.8, 4) is 0 Å². The van der Waals surface area contributed by atoms with E-state index in [-0.39, 0.29) is 23.0 Å². The highest BCUT2D eigenvalue weighted by Crippen LogP contribution is 2.35. The van der Waals surface area contributed by atoms with Crippen molar-refractivity contribution < 1.29 is 14.4 Å². The molecule has 0 bridgehead atoms. The molecule has 2 N–H and O–H groups in total. The number of hydrogen-bond donors (Lipinski definition) is 2. The van der Waals surface area contributed by atoms with E-state index in [9.17, 15) is 14.4 Å². The first-order valence-electron chi connectivity index (χ1n) is 8.22. The largest absolute Gasteiger partial charge is 0.352 e. The Morgan fingerprint density at radius 2 is 2.08 bits per heavy atom. The number of carbonyl (C=O) groups excluding carboxylic acids is 3. The van der Waals surface area contributed by atoms with Gasteiger partial charge in [0.05, 0.1) is 10.9 Å². The zero-order valence-corrected chi connectivity index (χ0v) is 14.4. The number of thioether (sulfide) groups is 1. The fourth-order valence-electron chi connectivity index (χ4n) is 2.86. The van der Waals surface area contributed by atoms with Crippen molar-refractivity contribution in [1.82, 2.24) is 10.2 Å². The average Bonchev–Trinajstić information content (AvgIpc) is 3.10. The van der Waals surface area contributed by atoms with Gasteiger partial charge in [-0.3, -0.25) is 14.4 Å². The Morgan fingerprint density at radius 3 is 2.83 bits per heavy atom. The van der Waals surface area contributed by atoms with Gasteiger partial charge in [-0.05, 0) is 38.0 Å². The number of anilines is 1. The SMILES string of the molecule is CC1Sc2ccc(C(=O)NCCC(=O)N3CCCC3)cc2NC1=O. The molecule has 1 atom stereocenters. The lowest BCUT2D eigenvalue weighted by atomic mass is 10.1. The van der Waals surface area contributed by atoms with Gasteiger partial charge in [0.15, 0.2) is 0 Å². The molecule has 2 aliphatic heterocycles. The predicted molar refractivity (Wildman–Crippen MR) is 93.2 cm³/mol. The standard InChI is InChI=1S/C17H21N3O3S/c1-11-16(22)19-13-10-12(4-5-14(13)24-11)17(23)18-7-6-15(21)20-8-2-3-9-20/h4-5,10-11H,2-3,6-9H2,1H3,(H,18,23)(H,19,22). The molecule has 1 aromatic carbocycles. The molecule has 6 nitrogen and oxygen atoms in total. The topological polar surface area (TPSA) is 78.5 Å². The lowest BCUT2D eigenvalue weighted by Gasteiger charge is -2.21. The molecular formula is C17H21N3O3S. The van der Waals surface area contributed by atoms with E-state index in [0.717, 1.165) is 30.8 Å². The van der Waals surface area contributed by atoms with Crippen LogP contribution in [0.25, 0.3) is 0 Å². The zero-order valence-electron chi connectivity index (χ0n) is 13.6. The van der Waals surface area contributed by atoms with Gasteiger partial charge in [-0.15, -0.1) is 11.8 Å². The number of rotatable bonds is 4. The Kier molecular flexibility index (Phi) is 5.08. The molecule has 0 aliphatic carbocycles. The van der Waals surface area contributed by atoms with Gasteiger partial charge in [0.1, 0.15) is 0 Å². The molecule has 1 fully saturated rings. The van der Waals surface area contributed by atoms with Crippen LogP contribution in [0.3, 0.4) is 0 Å². The summed E-state index contributed by atoms with van der Waals surface area (Å²) in [5.74, 6) is -0.193. The molecule has 0 aromatic heterocycles. The number of fused-ring (bicyclic) bond motifs is 1. The maximum atomic E-state index is 12.2. The van der Waals surface area contributed by atoms with Crippen LogP contribution in [0, 0.1) is 0 Å². The van der Waals surface area contributed by atoms with E-state index in [2.05, 4.69) is 10.6 Å². The van der Waals surface area contributed by atoms with Gasteiger partial charge < -0.3 is 15.5 Å². The second kappa shape index (κ2) is 7.25. The molecule has 2 aliphatic rings. The number of carbonyl (C=O) groups is 3. The smallest absolute Gasteiger partial charge is 0.251 e. The normalized spacial score (nSPS) is 19.6. The molecular weight excluding hydrogens is 326 g/mol.